The molecule has 0 aromatic heterocycles. The van der Waals surface area contributed by atoms with Gasteiger partial charge in [-0.3, -0.25) is 0 Å². The van der Waals surface area contributed by atoms with Crippen molar-refractivity contribution in [3.63, 3.8) is 0 Å². The summed E-state index contributed by atoms with van der Waals surface area (Å²) in [5, 5.41) is 0. The van der Waals surface area contributed by atoms with Gasteiger partial charge < -0.3 is 15.2 Å². The lowest BCUT2D eigenvalue weighted by Crippen LogP contribution is -2.15. The summed E-state index contributed by atoms with van der Waals surface area (Å²) >= 11 is 4.85. The second-order valence-electron chi connectivity index (χ2n) is 5.53. The van der Waals surface area contributed by atoms with Crippen molar-refractivity contribution in [2.24, 2.45) is 5.73 Å². The van der Waals surface area contributed by atoms with Crippen LogP contribution in [-0.2, 0) is 5.41 Å². The van der Waals surface area contributed by atoms with Crippen LogP contribution in [0.1, 0.15) is 39.2 Å². The van der Waals surface area contributed by atoms with E-state index >= 15 is 0 Å². The quantitative estimate of drug-likeness (QED) is 0.641. The predicted octanol–water partition coefficient (Wildman–Crippen LogP) is 3.44. The molecule has 1 aromatic carbocycles. The number of rotatable bonds is 6. The summed E-state index contributed by atoms with van der Waals surface area (Å²) in [4.78, 5) is 0.536. The molecule has 0 saturated carbocycles. The fraction of sp³-hybridized carbons (Fsp3) is 0.533. The fourth-order valence-electron chi connectivity index (χ4n) is 1.78. The van der Waals surface area contributed by atoms with Gasteiger partial charge in [0.1, 0.15) is 11.5 Å². The molecule has 0 fully saturated rings. The molecule has 2 N–H and O–H groups in total. The van der Waals surface area contributed by atoms with Crippen LogP contribution in [0, 0.1) is 0 Å². The number of hydrogen-bond donors (Lipinski definition) is 1. The molecule has 3 nitrogen and oxygen atoms in total. The highest BCUT2D eigenvalue weighted by molar-refractivity contribution is 7.80. The summed E-state index contributed by atoms with van der Waals surface area (Å²) in [7, 11) is 1.67. The van der Waals surface area contributed by atoms with Gasteiger partial charge in [0.05, 0.1) is 18.7 Å². The summed E-state index contributed by atoms with van der Waals surface area (Å²) in [5.41, 5.74) is 6.62. The first kappa shape index (κ1) is 15.8. The maximum atomic E-state index is 5.84. The first-order chi connectivity index (χ1) is 8.84. The van der Waals surface area contributed by atoms with Gasteiger partial charge in [-0.25, -0.2) is 0 Å². The Morgan fingerprint density at radius 1 is 1.32 bits per heavy atom. The van der Waals surface area contributed by atoms with Crippen molar-refractivity contribution in [1.29, 1.82) is 0 Å². The Bertz CT molecular complexity index is 438. The van der Waals surface area contributed by atoms with Crippen LogP contribution >= 0.6 is 12.2 Å². The maximum absolute atomic E-state index is 5.84. The molecule has 0 aliphatic carbocycles. The van der Waals surface area contributed by atoms with E-state index in [-0.39, 0.29) is 5.41 Å². The standard InChI is InChI=1S/C15H23NO2S/c1-15(2,3)12-10-11(17-4)7-8-13(12)18-9-5-6-14(16)19/h7-8,10H,5-6,9H2,1-4H3,(H2,16,19). The maximum Gasteiger partial charge on any atom is 0.123 e. The third-order valence-corrected chi connectivity index (χ3v) is 3.02. The van der Waals surface area contributed by atoms with Crippen LogP contribution in [-0.4, -0.2) is 18.7 Å². The van der Waals surface area contributed by atoms with Crippen LogP contribution in [0.5, 0.6) is 11.5 Å². The number of thiocarbonyl (C=S) groups is 1. The number of ether oxygens (including phenoxy) is 2. The van der Waals surface area contributed by atoms with Crippen molar-refractivity contribution in [1.82, 2.24) is 0 Å². The summed E-state index contributed by atoms with van der Waals surface area (Å²) in [6, 6.07) is 5.90. The Kier molecular flexibility index (Phi) is 5.60. The molecule has 106 valence electrons. The molecule has 4 heteroatoms. The van der Waals surface area contributed by atoms with E-state index in [4.69, 9.17) is 27.4 Å². The van der Waals surface area contributed by atoms with Gasteiger partial charge in [-0.15, -0.1) is 0 Å². The number of benzene rings is 1. The van der Waals surface area contributed by atoms with Crippen molar-refractivity contribution in [3.05, 3.63) is 23.8 Å². The van der Waals surface area contributed by atoms with Crippen molar-refractivity contribution in [2.45, 2.75) is 39.0 Å². The van der Waals surface area contributed by atoms with Crippen LogP contribution in [0.15, 0.2) is 18.2 Å². The fourth-order valence-corrected chi connectivity index (χ4v) is 1.92. The van der Waals surface area contributed by atoms with E-state index in [1.807, 2.05) is 18.2 Å². The minimum atomic E-state index is 0.00699. The minimum Gasteiger partial charge on any atom is -0.497 e. The number of hydrogen-bond acceptors (Lipinski definition) is 3. The zero-order valence-electron chi connectivity index (χ0n) is 12.2. The second kappa shape index (κ2) is 6.75. The Labute approximate surface area is 121 Å². The molecule has 0 saturated heterocycles. The van der Waals surface area contributed by atoms with Gasteiger partial charge in [0, 0.05) is 12.0 Å². The van der Waals surface area contributed by atoms with Crippen molar-refractivity contribution in [3.8, 4) is 11.5 Å². The van der Waals surface area contributed by atoms with Gasteiger partial charge in [-0.2, -0.15) is 0 Å². The molecular weight excluding hydrogens is 258 g/mol. The first-order valence-electron chi connectivity index (χ1n) is 6.44. The van der Waals surface area contributed by atoms with E-state index in [0.717, 1.165) is 29.9 Å². The third kappa shape index (κ3) is 5.07. The average Bonchev–Trinajstić information content (AvgIpc) is 2.33. The lowest BCUT2D eigenvalue weighted by atomic mass is 9.86. The minimum absolute atomic E-state index is 0.00699. The lowest BCUT2D eigenvalue weighted by molar-refractivity contribution is 0.304. The van der Waals surface area contributed by atoms with E-state index in [1.54, 1.807) is 7.11 Å². The summed E-state index contributed by atoms with van der Waals surface area (Å²) < 4.78 is 11.1. The van der Waals surface area contributed by atoms with Gasteiger partial charge in [0.2, 0.25) is 0 Å². The highest BCUT2D eigenvalue weighted by Gasteiger charge is 2.19. The van der Waals surface area contributed by atoms with Crippen LogP contribution < -0.4 is 15.2 Å². The van der Waals surface area contributed by atoms with Gasteiger partial charge in [0.25, 0.3) is 0 Å². The highest BCUT2D eigenvalue weighted by Crippen LogP contribution is 2.34. The molecular formula is C15H23NO2S. The van der Waals surface area contributed by atoms with E-state index in [2.05, 4.69) is 20.8 Å². The molecule has 0 unspecified atom stereocenters. The Morgan fingerprint density at radius 2 is 2.00 bits per heavy atom. The third-order valence-electron chi connectivity index (χ3n) is 2.82. The van der Waals surface area contributed by atoms with Gasteiger partial charge in [0.15, 0.2) is 0 Å². The molecule has 0 aliphatic heterocycles. The van der Waals surface area contributed by atoms with Crippen molar-refractivity contribution >= 4 is 17.2 Å². The molecule has 0 radical (unpaired) electrons. The van der Waals surface area contributed by atoms with Gasteiger partial charge >= 0.3 is 0 Å². The summed E-state index contributed by atoms with van der Waals surface area (Å²) in [5.74, 6) is 1.75. The van der Waals surface area contributed by atoms with Crippen LogP contribution in [0.4, 0.5) is 0 Å². The lowest BCUT2D eigenvalue weighted by Gasteiger charge is -2.23. The van der Waals surface area contributed by atoms with Crippen LogP contribution in [0.2, 0.25) is 0 Å². The zero-order chi connectivity index (χ0) is 14.5. The zero-order valence-corrected chi connectivity index (χ0v) is 13.0. The normalized spacial score (nSPS) is 11.2. The van der Waals surface area contributed by atoms with Gasteiger partial charge in [-0.1, -0.05) is 33.0 Å². The number of methoxy groups -OCH3 is 1. The molecule has 1 aromatic rings. The molecule has 0 amide bonds. The molecule has 0 spiro atoms. The van der Waals surface area contributed by atoms with E-state index < -0.39 is 0 Å². The molecule has 0 atom stereocenters. The largest absolute Gasteiger partial charge is 0.497 e. The molecule has 0 bridgehead atoms. The van der Waals surface area contributed by atoms with Crippen LogP contribution in [0.3, 0.4) is 0 Å². The SMILES string of the molecule is COc1ccc(OCCCC(N)=S)c(C(C)(C)C)c1. The van der Waals surface area contributed by atoms with E-state index in [1.165, 1.54) is 0 Å². The van der Waals surface area contributed by atoms with E-state index in [0.29, 0.717) is 11.6 Å². The average molecular weight is 281 g/mol. The highest BCUT2D eigenvalue weighted by atomic mass is 32.1. The summed E-state index contributed by atoms with van der Waals surface area (Å²) in [6.45, 7) is 7.09. The smallest absolute Gasteiger partial charge is 0.123 e. The van der Waals surface area contributed by atoms with E-state index in [9.17, 15) is 0 Å². The molecule has 1 rings (SSSR count). The Hall–Kier alpha value is -1.29. The Morgan fingerprint density at radius 3 is 2.53 bits per heavy atom. The topological polar surface area (TPSA) is 44.5 Å². The Balaban J connectivity index is 2.79. The number of nitrogens with two attached hydrogens (primary N) is 1. The first-order valence-corrected chi connectivity index (χ1v) is 6.85. The van der Waals surface area contributed by atoms with Gasteiger partial charge in [-0.05, 0) is 30.0 Å². The molecule has 0 aliphatic rings. The molecule has 19 heavy (non-hydrogen) atoms. The second-order valence-corrected chi connectivity index (χ2v) is 6.05. The summed E-state index contributed by atoms with van der Waals surface area (Å²) in [6.07, 6.45) is 1.56. The predicted molar refractivity (Wildman–Crippen MR) is 83.2 cm³/mol. The van der Waals surface area contributed by atoms with Crippen molar-refractivity contribution in [2.75, 3.05) is 13.7 Å². The molecule has 0 heterocycles. The monoisotopic (exact) mass is 281 g/mol. The van der Waals surface area contributed by atoms with Crippen LogP contribution in [0.25, 0.3) is 0 Å². The van der Waals surface area contributed by atoms with Crippen molar-refractivity contribution < 1.29 is 9.47 Å².